The molecule has 1 aromatic heterocycles. The molecule has 0 aromatic carbocycles. The maximum Gasteiger partial charge on any atom is 0.328 e. The molecule has 1 fully saturated rings. The molecule has 2 heterocycles. The van der Waals surface area contributed by atoms with Gasteiger partial charge in [0.25, 0.3) is 5.91 Å². The summed E-state index contributed by atoms with van der Waals surface area (Å²) in [7, 11) is -4.42. The van der Waals surface area contributed by atoms with Crippen molar-refractivity contribution in [2.24, 2.45) is 5.73 Å². The standard InChI is InChI=1S/C8H13N4O7P/c9-6(15)7-10-2-12(11-7)8-5(14)4(13)3(19-8)1-20(16,17)18/h2-5,8,13-14H,1H2,(H2,9,15)(H2,16,17,18)/t3-,4-,5-,8-/m1/s1. The summed E-state index contributed by atoms with van der Waals surface area (Å²) in [4.78, 5) is 32.1. The van der Waals surface area contributed by atoms with Crippen molar-refractivity contribution in [3.8, 4) is 0 Å². The summed E-state index contributed by atoms with van der Waals surface area (Å²) in [5.41, 5.74) is 4.97. The molecule has 0 saturated carbocycles. The van der Waals surface area contributed by atoms with Crippen LogP contribution in [-0.4, -0.2) is 65.1 Å². The van der Waals surface area contributed by atoms with Gasteiger partial charge in [-0.25, -0.2) is 9.67 Å². The van der Waals surface area contributed by atoms with Crippen molar-refractivity contribution in [2.75, 3.05) is 6.16 Å². The van der Waals surface area contributed by atoms with Gasteiger partial charge in [0.2, 0.25) is 5.82 Å². The Morgan fingerprint density at radius 2 is 2.10 bits per heavy atom. The number of aliphatic hydroxyl groups excluding tert-OH is 2. The smallest absolute Gasteiger partial charge is 0.328 e. The zero-order chi connectivity index (χ0) is 15.1. The lowest BCUT2D eigenvalue weighted by Crippen LogP contribution is -2.33. The normalized spacial score (nSPS) is 30.6. The van der Waals surface area contributed by atoms with Crippen molar-refractivity contribution in [1.82, 2.24) is 14.8 Å². The average Bonchev–Trinajstić information content (AvgIpc) is 2.88. The van der Waals surface area contributed by atoms with Crippen molar-refractivity contribution >= 4 is 13.5 Å². The van der Waals surface area contributed by atoms with Gasteiger partial charge >= 0.3 is 7.60 Å². The van der Waals surface area contributed by atoms with Crippen LogP contribution in [0.3, 0.4) is 0 Å². The lowest BCUT2D eigenvalue weighted by molar-refractivity contribution is -0.0400. The van der Waals surface area contributed by atoms with Crippen LogP contribution in [0.5, 0.6) is 0 Å². The predicted octanol–water partition coefficient (Wildman–Crippen LogP) is -2.83. The second-order valence-electron chi connectivity index (χ2n) is 4.31. The Balaban J connectivity index is 2.17. The number of carbonyl (C=O) groups is 1. The molecule has 0 spiro atoms. The fourth-order valence-electron chi connectivity index (χ4n) is 1.84. The highest BCUT2D eigenvalue weighted by Gasteiger charge is 2.46. The molecule has 4 atom stereocenters. The van der Waals surface area contributed by atoms with E-state index in [4.69, 9.17) is 20.3 Å². The van der Waals surface area contributed by atoms with Crippen LogP contribution in [0.15, 0.2) is 6.33 Å². The minimum atomic E-state index is -4.42. The fraction of sp³-hybridized carbons (Fsp3) is 0.625. The number of nitrogens with two attached hydrogens (primary N) is 1. The minimum Gasteiger partial charge on any atom is -0.387 e. The zero-order valence-electron chi connectivity index (χ0n) is 9.97. The molecule has 0 unspecified atom stereocenters. The Bertz CT molecular complexity index is 557. The SMILES string of the molecule is NC(=O)c1ncn([C@@H]2O[C@H](CP(=O)(O)O)[C@@H](O)[C@H]2O)n1. The van der Waals surface area contributed by atoms with Gasteiger partial charge < -0.3 is 30.5 Å². The molecule has 12 heteroatoms. The van der Waals surface area contributed by atoms with Crippen molar-refractivity contribution in [3.63, 3.8) is 0 Å². The first kappa shape index (κ1) is 15.0. The van der Waals surface area contributed by atoms with Crippen LogP contribution in [0.25, 0.3) is 0 Å². The Morgan fingerprint density at radius 3 is 2.60 bits per heavy atom. The van der Waals surface area contributed by atoms with E-state index in [1.165, 1.54) is 0 Å². The van der Waals surface area contributed by atoms with Gasteiger partial charge in [0.1, 0.15) is 24.6 Å². The first-order chi connectivity index (χ1) is 9.19. The van der Waals surface area contributed by atoms with Crippen LogP contribution in [0.1, 0.15) is 16.8 Å². The van der Waals surface area contributed by atoms with Crippen molar-refractivity contribution < 1.29 is 34.1 Å². The summed E-state index contributed by atoms with van der Waals surface area (Å²) in [5, 5.41) is 23.1. The summed E-state index contributed by atoms with van der Waals surface area (Å²) in [5.74, 6) is -1.20. The second-order valence-corrected chi connectivity index (χ2v) is 6.00. The monoisotopic (exact) mass is 308 g/mol. The third-order valence-electron chi connectivity index (χ3n) is 2.74. The lowest BCUT2D eigenvalue weighted by atomic mass is 10.1. The van der Waals surface area contributed by atoms with Gasteiger partial charge in [-0.15, -0.1) is 5.10 Å². The number of primary amides is 1. The van der Waals surface area contributed by atoms with E-state index in [0.29, 0.717) is 0 Å². The Morgan fingerprint density at radius 1 is 1.45 bits per heavy atom. The lowest BCUT2D eigenvalue weighted by Gasteiger charge is -2.14. The van der Waals surface area contributed by atoms with E-state index in [0.717, 1.165) is 11.0 Å². The first-order valence-electron chi connectivity index (χ1n) is 5.46. The molecule has 6 N–H and O–H groups in total. The van der Waals surface area contributed by atoms with E-state index >= 15 is 0 Å². The second kappa shape index (κ2) is 5.20. The molecular formula is C8H13N4O7P. The van der Waals surface area contributed by atoms with E-state index in [1.54, 1.807) is 0 Å². The molecule has 2 rings (SSSR count). The number of amides is 1. The molecule has 112 valence electrons. The molecule has 11 nitrogen and oxygen atoms in total. The van der Waals surface area contributed by atoms with Gasteiger partial charge in [0.15, 0.2) is 6.23 Å². The van der Waals surface area contributed by atoms with Crippen LogP contribution < -0.4 is 5.73 Å². The topological polar surface area (TPSA) is 181 Å². The number of hydrogen-bond donors (Lipinski definition) is 5. The molecule has 1 aliphatic heterocycles. The summed E-state index contributed by atoms with van der Waals surface area (Å²) in [6.07, 6.45) is -5.17. The molecular weight excluding hydrogens is 295 g/mol. The number of rotatable bonds is 4. The summed E-state index contributed by atoms with van der Waals surface area (Å²) < 4.78 is 17.0. The van der Waals surface area contributed by atoms with Gasteiger partial charge in [-0.3, -0.25) is 9.36 Å². The molecule has 1 aliphatic rings. The van der Waals surface area contributed by atoms with Crippen LogP contribution >= 0.6 is 7.60 Å². The van der Waals surface area contributed by atoms with Gasteiger partial charge in [-0.05, 0) is 0 Å². The van der Waals surface area contributed by atoms with Crippen molar-refractivity contribution in [1.29, 1.82) is 0 Å². The first-order valence-corrected chi connectivity index (χ1v) is 7.26. The summed E-state index contributed by atoms with van der Waals surface area (Å²) in [6, 6.07) is 0. The average molecular weight is 308 g/mol. The van der Waals surface area contributed by atoms with Crippen LogP contribution in [0.2, 0.25) is 0 Å². The molecule has 0 radical (unpaired) electrons. The summed E-state index contributed by atoms with van der Waals surface area (Å²) >= 11 is 0. The van der Waals surface area contributed by atoms with E-state index in [1.807, 2.05) is 0 Å². The van der Waals surface area contributed by atoms with Crippen LogP contribution in [-0.2, 0) is 9.30 Å². The van der Waals surface area contributed by atoms with Crippen molar-refractivity contribution in [3.05, 3.63) is 12.2 Å². The Kier molecular flexibility index (Phi) is 3.91. The molecule has 0 bridgehead atoms. The largest absolute Gasteiger partial charge is 0.387 e. The third-order valence-corrected chi connectivity index (χ3v) is 3.58. The van der Waals surface area contributed by atoms with Gasteiger partial charge in [0, 0.05) is 0 Å². The Hall–Kier alpha value is -1.36. The molecule has 1 amide bonds. The molecule has 1 aromatic rings. The zero-order valence-corrected chi connectivity index (χ0v) is 10.9. The summed E-state index contributed by atoms with van der Waals surface area (Å²) in [6.45, 7) is 0. The Labute approximate surface area is 112 Å². The minimum absolute atomic E-state index is 0.311. The predicted molar refractivity (Wildman–Crippen MR) is 61.4 cm³/mol. The number of nitrogens with zero attached hydrogens (tertiary/aromatic N) is 3. The number of hydrogen-bond acceptors (Lipinski definition) is 7. The number of ether oxygens (including phenoxy) is 1. The number of carbonyl (C=O) groups excluding carboxylic acids is 1. The highest BCUT2D eigenvalue weighted by Crippen LogP contribution is 2.40. The third kappa shape index (κ3) is 3.03. The quantitative estimate of drug-likeness (QED) is 0.366. The van der Waals surface area contributed by atoms with Gasteiger partial charge in [0.05, 0.1) is 6.16 Å². The fourth-order valence-corrected chi connectivity index (χ4v) is 2.61. The molecule has 1 saturated heterocycles. The molecule has 20 heavy (non-hydrogen) atoms. The van der Waals surface area contributed by atoms with Gasteiger partial charge in [-0.1, -0.05) is 0 Å². The number of aromatic nitrogens is 3. The van der Waals surface area contributed by atoms with Crippen LogP contribution in [0, 0.1) is 0 Å². The van der Waals surface area contributed by atoms with E-state index < -0.39 is 44.2 Å². The van der Waals surface area contributed by atoms with E-state index in [-0.39, 0.29) is 5.82 Å². The molecule has 0 aliphatic carbocycles. The maximum atomic E-state index is 10.9. The van der Waals surface area contributed by atoms with E-state index in [2.05, 4.69) is 10.1 Å². The highest BCUT2D eigenvalue weighted by atomic mass is 31.2. The van der Waals surface area contributed by atoms with Gasteiger partial charge in [-0.2, -0.15) is 0 Å². The van der Waals surface area contributed by atoms with E-state index in [9.17, 15) is 19.6 Å². The maximum absolute atomic E-state index is 10.9. The highest BCUT2D eigenvalue weighted by molar-refractivity contribution is 7.51. The number of aliphatic hydroxyl groups is 2. The van der Waals surface area contributed by atoms with Crippen LogP contribution in [0.4, 0.5) is 0 Å². The van der Waals surface area contributed by atoms with Crippen molar-refractivity contribution in [2.45, 2.75) is 24.5 Å².